The smallest absolute Gasteiger partial charge is 0.211 e. The number of nitrogens with zero attached hydrogens (tertiary/aromatic N) is 4. The number of para-hydroxylation sites is 1. The largest absolute Gasteiger partial charge is 0.496 e. The molecule has 0 radical (unpaired) electrons. The van der Waals surface area contributed by atoms with E-state index in [-0.39, 0.29) is 0 Å². The molecule has 2 aromatic heterocycles. The SMILES string of the molecule is C=CCNc1nc2cc(Cl)ccc2c2nnc(-c3ccccc3OC)n12. The number of ether oxygens (including phenoxy) is 1. The van der Waals surface area contributed by atoms with Gasteiger partial charge in [-0.2, -0.15) is 0 Å². The minimum Gasteiger partial charge on any atom is -0.496 e. The average molecular weight is 366 g/mol. The Bertz CT molecular complexity index is 1120. The third-order valence-electron chi connectivity index (χ3n) is 4.05. The van der Waals surface area contributed by atoms with E-state index >= 15 is 0 Å². The highest BCUT2D eigenvalue weighted by molar-refractivity contribution is 6.31. The molecule has 0 atom stereocenters. The van der Waals surface area contributed by atoms with Crippen LogP contribution < -0.4 is 10.1 Å². The van der Waals surface area contributed by atoms with Gasteiger partial charge in [-0.25, -0.2) is 9.38 Å². The topological polar surface area (TPSA) is 64.3 Å². The van der Waals surface area contributed by atoms with E-state index in [0.717, 1.165) is 16.5 Å². The van der Waals surface area contributed by atoms with Gasteiger partial charge in [0.1, 0.15) is 5.75 Å². The molecule has 0 aliphatic rings. The molecule has 130 valence electrons. The summed E-state index contributed by atoms with van der Waals surface area (Å²) in [4.78, 5) is 4.71. The first-order valence-corrected chi connectivity index (χ1v) is 8.43. The number of aromatic nitrogens is 4. The van der Waals surface area contributed by atoms with Gasteiger partial charge in [0.05, 0.1) is 18.2 Å². The zero-order valence-corrected chi connectivity index (χ0v) is 14.9. The lowest BCUT2D eigenvalue weighted by atomic mass is 10.2. The van der Waals surface area contributed by atoms with Crippen molar-refractivity contribution in [2.24, 2.45) is 0 Å². The van der Waals surface area contributed by atoms with Crippen molar-refractivity contribution in [2.75, 3.05) is 19.0 Å². The fraction of sp³-hybridized carbons (Fsp3) is 0.105. The second-order valence-electron chi connectivity index (χ2n) is 5.65. The quantitative estimate of drug-likeness (QED) is 0.537. The maximum atomic E-state index is 6.13. The average Bonchev–Trinajstić information content (AvgIpc) is 3.11. The number of benzene rings is 2. The Labute approximate surface area is 155 Å². The van der Waals surface area contributed by atoms with Crippen molar-refractivity contribution in [1.29, 1.82) is 0 Å². The van der Waals surface area contributed by atoms with Crippen LogP contribution in [0.5, 0.6) is 5.75 Å². The summed E-state index contributed by atoms with van der Waals surface area (Å²) in [6.07, 6.45) is 1.77. The van der Waals surface area contributed by atoms with Crippen LogP contribution in [-0.4, -0.2) is 33.2 Å². The van der Waals surface area contributed by atoms with E-state index < -0.39 is 0 Å². The van der Waals surface area contributed by atoms with Crippen molar-refractivity contribution >= 4 is 34.1 Å². The van der Waals surface area contributed by atoms with Gasteiger partial charge in [-0.1, -0.05) is 29.8 Å². The molecule has 26 heavy (non-hydrogen) atoms. The van der Waals surface area contributed by atoms with Crippen LogP contribution in [0, 0.1) is 0 Å². The van der Waals surface area contributed by atoms with Gasteiger partial charge in [0.2, 0.25) is 5.95 Å². The van der Waals surface area contributed by atoms with Crippen molar-refractivity contribution in [3.05, 3.63) is 60.1 Å². The van der Waals surface area contributed by atoms with Crippen molar-refractivity contribution in [1.82, 2.24) is 19.6 Å². The lowest BCUT2D eigenvalue weighted by Gasteiger charge is -2.12. The first-order valence-electron chi connectivity index (χ1n) is 8.05. The first kappa shape index (κ1) is 16.4. The van der Waals surface area contributed by atoms with Crippen molar-refractivity contribution < 1.29 is 4.74 Å². The predicted octanol–water partition coefficient (Wildman–Crippen LogP) is 4.20. The molecule has 0 saturated heterocycles. The number of nitrogens with one attached hydrogen (secondary N) is 1. The van der Waals surface area contributed by atoms with E-state index in [1.807, 2.05) is 46.9 Å². The zero-order valence-electron chi connectivity index (χ0n) is 14.1. The first-order chi connectivity index (χ1) is 12.7. The molecule has 0 fully saturated rings. The van der Waals surface area contributed by atoms with Gasteiger partial charge in [0.25, 0.3) is 0 Å². The molecule has 0 aliphatic carbocycles. The number of hydrogen-bond acceptors (Lipinski definition) is 5. The molecule has 4 rings (SSSR count). The zero-order chi connectivity index (χ0) is 18.1. The molecule has 2 aromatic carbocycles. The molecule has 6 nitrogen and oxygen atoms in total. The van der Waals surface area contributed by atoms with Gasteiger partial charge in [-0.05, 0) is 30.3 Å². The van der Waals surface area contributed by atoms with Crippen LogP contribution in [0.3, 0.4) is 0 Å². The number of rotatable bonds is 5. The van der Waals surface area contributed by atoms with Crippen LogP contribution >= 0.6 is 11.6 Å². The Hall–Kier alpha value is -3.12. The molecule has 2 heterocycles. The fourth-order valence-corrected chi connectivity index (χ4v) is 3.06. The van der Waals surface area contributed by atoms with Crippen molar-refractivity contribution in [3.63, 3.8) is 0 Å². The Morgan fingerprint density at radius 1 is 1.23 bits per heavy atom. The summed E-state index contributed by atoms with van der Waals surface area (Å²) < 4.78 is 7.37. The summed E-state index contributed by atoms with van der Waals surface area (Å²) >= 11 is 6.13. The van der Waals surface area contributed by atoms with Gasteiger partial charge in [-0.15, -0.1) is 16.8 Å². The van der Waals surface area contributed by atoms with Crippen LogP contribution in [0.4, 0.5) is 5.95 Å². The second-order valence-corrected chi connectivity index (χ2v) is 6.09. The normalized spacial score (nSPS) is 11.0. The van der Waals surface area contributed by atoms with E-state index in [0.29, 0.717) is 34.7 Å². The molecule has 0 bridgehead atoms. The highest BCUT2D eigenvalue weighted by atomic mass is 35.5. The van der Waals surface area contributed by atoms with E-state index in [1.165, 1.54) is 0 Å². The molecule has 4 aromatic rings. The highest BCUT2D eigenvalue weighted by Crippen LogP contribution is 2.32. The van der Waals surface area contributed by atoms with Crippen LogP contribution in [-0.2, 0) is 0 Å². The number of fused-ring (bicyclic) bond motifs is 3. The van der Waals surface area contributed by atoms with Gasteiger partial charge in [0.15, 0.2) is 11.5 Å². The van der Waals surface area contributed by atoms with E-state index in [2.05, 4.69) is 22.1 Å². The van der Waals surface area contributed by atoms with Gasteiger partial charge < -0.3 is 10.1 Å². The standard InChI is InChI=1S/C19H16ClN5O/c1-3-10-21-19-22-15-11-12(20)8-9-13(15)17-23-24-18(25(17)19)14-6-4-5-7-16(14)26-2/h3-9,11H,1,10H2,2H3,(H,21,22). The van der Waals surface area contributed by atoms with Crippen molar-refractivity contribution in [2.45, 2.75) is 0 Å². The second kappa shape index (κ2) is 6.65. The summed E-state index contributed by atoms with van der Waals surface area (Å²) in [7, 11) is 1.63. The van der Waals surface area contributed by atoms with Crippen LogP contribution in [0.2, 0.25) is 5.02 Å². The summed E-state index contributed by atoms with van der Waals surface area (Å²) in [6.45, 7) is 4.31. The Balaban J connectivity index is 2.06. The summed E-state index contributed by atoms with van der Waals surface area (Å²) in [5.41, 5.74) is 2.27. The lowest BCUT2D eigenvalue weighted by Crippen LogP contribution is -2.08. The molecule has 0 saturated carbocycles. The molecule has 0 amide bonds. The van der Waals surface area contributed by atoms with E-state index in [4.69, 9.17) is 21.3 Å². The number of anilines is 1. The van der Waals surface area contributed by atoms with Gasteiger partial charge in [-0.3, -0.25) is 0 Å². The monoisotopic (exact) mass is 365 g/mol. The number of methoxy groups -OCH3 is 1. The van der Waals surface area contributed by atoms with Gasteiger partial charge >= 0.3 is 0 Å². The molecule has 0 spiro atoms. The summed E-state index contributed by atoms with van der Waals surface area (Å²) in [5.74, 6) is 1.97. The Morgan fingerprint density at radius 3 is 2.88 bits per heavy atom. The Kier molecular flexibility index (Phi) is 4.18. The van der Waals surface area contributed by atoms with Crippen molar-refractivity contribution in [3.8, 4) is 17.1 Å². The van der Waals surface area contributed by atoms with Crippen LogP contribution in [0.25, 0.3) is 27.9 Å². The minimum atomic E-state index is 0.553. The lowest BCUT2D eigenvalue weighted by molar-refractivity contribution is 0.416. The molecular weight excluding hydrogens is 350 g/mol. The number of hydrogen-bond donors (Lipinski definition) is 1. The molecular formula is C19H16ClN5O. The maximum Gasteiger partial charge on any atom is 0.211 e. The van der Waals surface area contributed by atoms with Crippen LogP contribution in [0.1, 0.15) is 0 Å². The minimum absolute atomic E-state index is 0.553. The molecule has 7 heteroatoms. The molecule has 1 N–H and O–H groups in total. The Morgan fingerprint density at radius 2 is 2.08 bits per heavy atom. The number of halogens is 1. The summed E-state index contributed by atoms with van der Waals surface area (Å²) in [5, 5.41) is 13.6. The predicted molar refractivity (Wildman–Crippen MR) is 104 cm³/mol. The molecule has 0 unspecified atom stereocenters. The van der Waals surface area contributed by atoms with E-state index in [1.54, 1.807) is 13.2 Å². The van der Waals surface area contributed by atoms with E-state index in [9.17, 15) is 0 Å². The highest BCUT2D eigenvalue weighted by Gasteiger charge is 2.18. The maximum absolute atomic E-state index is 6.13. The molecule has 0 aliphatic heterocycles. The third kappa shape index (κ3) is 2.64. The summed E-state index contributed by atoms with van der Waals surface area (Å²) in [6, 6.07) is 13.2. The van der Waals surface area contributed by atoms with Crippen LogP contribution in [0.15, 0.2) is 55.1 Å². The fourth-order valence-electron chi connectivity index (χ4n) is 2.90. The van der Waals surface area contributed by atoms with Gasteiger partial charge in [0, 0.05) is 17.0 Å². The third-order valence-corrected chi connectivity index (χ3v) is 4.29.